The highest BCUT2D eigenvalue weighted by molar-refractivity contribution is 7.85. The second kappa shape index (κ2) is 9.08. The summed E-state index contributed by atoms with van der Waals surface area (Å²) in [6, 6.07) is 6.47. The van der Waals surface area contributed by atoms with Crippen molar-refractivity contribution in [1.29, 1.82) is 0 Å². The van der Waals surface area contributed by atoms with Gasteiger partial charge in [0.15, 0.2) is 0 Å². The Morgan fingerprint density at radius 1 is 1.18 bits per heavy atom. The number of aryl methyl sites for hydroxylation is 1. The van der Waals surface area contributed by atoms with E-state index in [1.54, 1.807) is 12.1 Å². The third-order valence-electron chi connectivity index (χ3n) is 3.78. The molecule has 0 bridgehead atoms. The Kier molecular flexibility index (Phi) is 7.79. The Balaban J connectivity index is 0.000000220. The molecule has 0 amide bonds. The van der Waals surface area contributed by atoms with Crippen molar-refractivity contribution in [3.05, 3.63) is 42.0 Å². The molecule has 5 heteroatoms. The van der Waals surface area contributed by atoms with Crippen molar-refractivity contribution < 1.29 is 13.0 Å². The van der Waals surface area contributed by atoms with E-state index in [0.717, 1.165) is 11.5 Å². The quantitative estimate of drug-likeness (QED) is 0.656. The van der Waals surface area contributed by atoms with Crippen LogP contribution in [0.3, 0.4) is 0 Å². The molecule has 22 heavy (non-hydrogen) atoms. The van der Waals surface area contributed by atoms with E-state index in [4.69, 9.17) is 10.3 Å². The molecule has 3 N–H and O–H groups in total. The lowest BCUT2D eigenvalue weighted by Crippen LogP contribution is -2.25. The van der Waals surface area contributed by atoms with Crippen LogP contribution in [-0.4, -0.2) is 19.0 Å². The Morgan fingerprint density at radius 2 is 1.73 bits per heavy atom. The van der Waals surface area contributed by atoms with Crippen LogP contribution in [-0.2, 0) is 10.1 Å². The minimum Gasteiger partial charge on any atom is -0.328 e. The largest absolute Gasteiger partial charge is 0.328 e. The lowest BCUT2D eigenvalue weighted by atomic mass is 9.86. The molecule has 1 saturated carbocycles. The van der Waals surface area contributed by atoms with Gasteiger partial charge in [0, 0.05) is 6.04 Å². The average Bonchev–Trinajstić information content (AvgIpc) is 2.47. The normalized spacial score (nSPS) is 22.2. The van der Waals surface area contributed by atoms with Gasteiger partial charge in [-0.15, -0.1) is 0 Å². The van der Waals surface area contributed by atoms with E-state index >= 15 is 0 Å². The van der Waals surface area contributed by atoms with Crippen LogP contribution in [0.2, 0.25) is 0 Å². The number of allylic oxidation sites excluding steroid dienone is 2. The molecule has 1 fully saturated rings. The molecule has 0 aromatic heterocycles. The van der Waals surface area contributed by atoms with Crippen LogP contribution < -0.4 is 5.73 Å². The molecule has 1 aromatic carbocycles. The van der Waals surface area contributed by atoms with E-state index < -0.39 is 10.1 Å². The molecule has 0 aliphatic heterocycles. The minimum absolute atomic E-state index is 0.0666. The number of hydrogen-bond donors (Lipinski definition) is 2. The van der Waals surface area contributed by atoms with E-state index in [9.17, 15) is 8.42 Å². The minimum atomic E-state index is -4.02. The monoisotopic (exact) mass is 325 g/mol. The first-order valence-corrected chi connectivity index (χ1v) is 9.23. The maximum Gasteiger partial charge on any atom is 0.294 e. The number of nitrogens with two attached hydrogens (primary N) is 1. The van der Waals surface area contributed by atoms with E-state index in [-0.39, 0.29) is 4.90 Å². The number of hydrogen-bond acceptors (Lipinski definition) is 3. The molecule has 4 nitrogen and oxygen atoms in total. The molecule has 0 unspecified atom stereocenters. The summed E-state index contributed by atoms with van der Waals surface area (Å²) in [7, 11) is -4.02. The summed E-state index contributed by atoms with van der Waals surface area (Å²) in [5.74, 6) is 0.828. The van der Waals surface area contributed by atoms with Crippen LogP contribution in [0.25, 0.3) is 0 Å². The van der Waals surface area contributed by atoms with Crippen LogP contribution in [0, 0.1) is 12.8 Å². The summed E-state index contributed by atoms with van der Waals surface area (Å²) < 4.78 is 29.6. The first-order valence-electron chi connectivity index (χ1n) is 7.79. The Labute approximate surface area is 134 Å². The van der Waals surface area contributed by atoms with Gasteiger partial charge >= 0.3 is 0 Å². The second-order valence-corrected chi connectivity index (χ2v) is 7.22. The third kappa shape index (κ3) is 7.20. The van der Waals surface area contributed by atoms with Crippen LogP contribution in [0.4, 0.5) is 0 Å². The summed E-state index contributed by atoms with van der Waals surface area (Å²) in [5, 5.41) is 0. The van der Waals surface area contributed by atoms with Crippen LogP contribution in [0.5, 0.6) is 0 Å². The van der Waals surface area contributed by atoms with Crippen LogP contribution >= 0.6 is 0 Å². The van der Waals surface area contributed by atoms with E-state index in [2.05, 4.69) is 19.1 Å². The van der Waals surface area contributed by atoms with Gasteiger partial charge in [0.25, 0.3) is 10.1 Å². The Morgan fingerprint density at radius 3 is 2.18 bits per heavy atom. The Hall–Kier alpha value is -1.17. The first kappa shape index (κ1) is 18.9. The lowest BCUT2D eigenvalue weighted by Gasteiger charge is -2.23. The molecule has 0 radical (unpaired) electrons. The van der Waals surface area contributed by atoms with Gasteiger partial charge in [0.2, 0.25) is 0 Å². The Bertz CT molecular complexity index is 556. The fourth-order valence-corrected chi connectivity index (χ4v) is 2.86. The maximum absolute atomic E-state index is 10.5. The van der Waals surface area contributed by atoms with Crippen molar-refractivity contribution in [2.24, 2.45) is 11.7 Å². The summed E-state index contributed by atoms with van der Waals surface area (Å²) in [5.41, 5.74) is 6.76. The van der Waals surface area contributed by atoms with Crippen LogP contribution in [0.15, 0.2) is 41.3 Å². The molecule has 1 aromatic rings. The zero-order chi connectivity index (χ0) is 16.6. The molecular weight excluding hydrogens is 298 g/mol. The highest BCUT2D eigenvalue weighted by Crippen LogP contribution is 2.24. The van der Waals surface area contributed by atoms with Gasteiger partial charge in [-0.25, -0.2) is 0 Å². The van der Waals surface area contributed by atoms with Crippen molar-refractivity contribution in [2.45, 2.75) is 56.9 Å². The molecular formula is C17H27NO3S. The summed E-state index contributed by atoms with van der Waals surface area (Å²) in [4.78, 5) is -0.0666. The molecule has 0 saturated heterocycles. The maximum atomic E-state index is 10.5. The van der Waals surface area contributed by atoms with E-state index in [1.165, 1.54) is 44.2 Å². The van der Waals surface area contributed by atoms with Gasteiger partial charge in [-0.05, 0) is 57.1 Å². The standard InChI is InChI=1S/C10H19N.C7H8O3S/c1-2-3-4-9-5-7-10(11)8-6-9;1-6-2-4-7(5-3-6)11(8,9)10/h3-4,9-10H,2,5-8,11H2,1H3;2-5H,1H3,(H,8,9,10)/b4-3+;/t9-,10-;. The molecule has 124 valence electrons. The molecule has 0 heterocycles. The zero-order valence-corrected chi connectivity index (χ0v) is 14.2. The van der Waals surface area contributed by atoms with Gasteiger partial charge in [-0.2, -0.15) is 8.42 Å². The average molecular weight is 325 g/mol. The third-order valence-corrected chi connectivity index (χ3v) is 4.65. The number of benzene rings is 1. The van der Waals surface area contributed by atoms with Gasteiger partial charge in [0.05, 0.1) is 4.90 Å². The van der Waals surface area contributed by atoms with Gasteiger partial charge in [-0.1, -0.05) is 36.8 Å². The van der Waals surface area contributed by atoms with Gasteiger partial charge < -0.3 is 5.73 Å². The predicted molar refractivity (Wildman–Crippen MR) is 90.4 cm³/mol. The summed E-state index contributed by atoms with van der Waals surface area (Å²) in [6.45, 7) is 4.03. The second-order valence-electron chi connectivity index (χ2n) is 5.80. The highest BCUT2D eigenvalue weighted by Gasteiger charge is 2.15. The molecule has 1 aliphatic carbocycles. The topological polar surface area (TPSA) is 80.4 Å². The van der Waals surface area contributed by atoms with E-state index in [1.807, 2.05) is 6.92 Å². The summed E-state index contributed by atoms with van der Waals surface area (Å²) >= 11 is 0. The highest BCUT2D eigenvalue weighted by atomic mass is 32.2. The predicted octanol–water partition coefficient (Wildman–Crippen LogP) is 3.71. The lowest BCUT2D eigenvalue weighted by molar-refractivity contribution is 0.375. The summed E-state index contributed by atoms with van der Waals surface area (Å²) in [6.07, 6.45) is 10.9. The first-order chi connectivity index (χ1) is 10.3. The van der Waals surface area contributed by atoms with Gasteiger partial charge in [-0.3, -0.25) is 4.55 Å². The van der Waals surface area contributed by atoms with Crippen molar-refractivity contribution >= 4 is 10.1 Å². The number of rotatable bonds is 3. The molecule has 0 atom stereocenters. The zero-order valence-electron chi connectivity index (χ0n) is 13.4. The molecule has 1 aliphatic rings. The van der Waals surface area contributed by atoms with Crippen molar-refractivity contribution in [1.82, 2.24) is 0 Å². The van der Waals surface area contributed by atoms with Crippen LogP contribution in [0.1, 0.15) is 44.6 Å². The fraction of sp³-hybridized carbons (Fsp3) is 0.529. The smallest absolute Gasteiger partial charge is 0.294 e. The molecule has 2 rings (SSSR count). The van der Waals surface area contributed by atoms with Crippen molar-refractivity contribution in [2.75, 3.05) is 0 Å². The fourth-order valence-electron chi connectivity index (χ4n) is 2.38. The molecule has 0 spiro atoms. The SMILES string of the molecule is CC/C=C/[C@H]1CC[C@H](N)CC1.Cc1ccc(S(=O)(=O)O)cc1. The van der Waals surface area contributed by atoms with Gasteiger partial charge in [0.1, 0.15) is 0 Å². The van der Waals surface area contributed by atoms with E-state index in [0.29, 0.717) is 6.04 Å². The van der Waals surface area contributed by atoms with Crippen molar-refractivity contribution in [3.8, 4) is 0 Å². The van der Waals surface area contributed by atoms with Crippen molar-refractivity contribution in [3.63, 3.8) is 0 Å².